The fourth-order valence-electron chi connectivity index (χ4n) is 5.80. The maximum atomic E-state index is 13.9. The molecule has 4 aromatic carbocycles. The van der Waals surface area contributed by atoms with Crippen LogP contribution in [0, 0.1) is 5.82 Å². The summed E-state index contributed by atoms with van der Waals surface area (Å²) >= 11 is 0. The van der Waals surface area contributed by atoms with E-state index >= 15 is 0 Å². The molecule has 1 heterocycles. The predicted molar refractivity (Wildman–Crippen MR) is 166 cm³/mol. The number of nitrogens with one attached hydrogen (secondary N) is 2. The Labute approximate surface area is 265 Å². The van der Waals surface area contributed by atoms with E-state index in [0.29, 0.717) is 30.5 Å². The van der Waals surface area contributed by atoms with Crippen molar-refractivity contribution in [1.82, 2.24) is 15.5 Å². The molecule has 6 nitrogen and oxygen atoms in total. The zero-order valence-electron chi connectivity index (χ0n) is 25.0. The summed E-state index contributed by atoms with van der Waals surface area (Å²) in [4.78, 5) is 28.7. The maximum Gasteiger partial charge on any atom is 0.416 e. The van der Waals surface area contributed by atoms with Gasteiger partial charge in [0.05, 0.1) is 23.8 Å². The minimum absolute atomic E-state index is 0.00296. The highest BCUT2D eigenvalue weighted by atomic mass is 19.4. The van der Waals surface area contributed by atoms with Gasteiger partial charge in [-0.3, -0.25) is 9.59 Å². The topological polar surface area (TPSA) is 81.7 Å². The molecule has 3 unspecified atom stereocenters. The van der Waals surface area contributed by atoms with Crippen molar-refractivity contribution in [2.45, 2.75) is 50.2 Å². The summed E-state index contributed by atoms with van der Waals surface area (Å²) in [6.07, 6.45) is -3.78. The van der Waals surface area contributed by atoms with Crippen molar-refractivity contribution in [3.63, 3.8) is 0 Å². The third kappa shape index (κ3) is 8.38. The van der Waals surface area contributed by atoms with Crippen LogP contribution in [-0.4, -0.2) is 47.1 Å². The lowest BCUT2D eigenvalue weighted by Gasteiger charge is -2.26. The highest BCUT2D eigenvalue weighted by Gasteiger charge is 2.32. The second kappa shape index (κ2) is 14.7. The van der Waals surface area contributed by atoms with Crippen LogP contribution in [0.5, 0.6) is 0 Å². The Balaban J connectivity index is 1.27. The van der Waals surface area contributed by atoms with Crippen LogP contribution in [0.2, 0.25) is 0 Å². The van der Waals surface area contributed by atoms with Crippen molar-refractivity contribution in [3.8, 4) is 0 Å². The van der Waals surface area contributed by atoms with E-state index in [4.69, 9.17) is 0 Å². The molecule has 0 aliphatic carbocycles. The van der Waals surface area contributed by atoms with Gasteiger partial charge in [-0.25, -0.2) is 4.39 Å². The Hall–Kier alpha value is -4.54. The third-order valence-electron chi connectivity index (χ3n) is 8.14. The number of halogens is 4. The fourth-order valence-corrected chi connectivity index (χ4v) is 5.80. The normalized spacial score (nSPS) is 16.2. The van der Waals surface area contributed by atoms with Gasteiger partial charge in [0.1, 0.15) is 5.82 Å². The molecule has 240 valence electrons. The molecule has 4 aromatic rings. The van der Waals surface area contributed by atoms with Gasteiger partial charge >= 0.3 is 6.18 Å². The van der Waals surface area contributed by atoms with E-state index in [1.165, 1.54) is 24.3 Å². The molecule has 5 rings (SSSR count). The molecule has 0 radical (unpaired) electrons. The number of nitrogens with zero attached hydrogens (tertiary/aromatic N) is 1. The first-order valence-electron chi connectivity index (χ1n) is 15.1. The lowest BCUT2D eigenvalue weighted by atomic mass is 10.00. The van der Waals surface area contributed by atoms with Crippen LogP contribution in [0.4, 0.5) is 17.6 Å². The van der Waals surface area contributed by atoms with E-state index in [2.05, 4.69) is 10.6 Å². The van der Waals surface area contributed by atoms with Crippen molar-refractivity contribution in [3.05, 3.63) is 142 Å². The Bertz CT molecular complexity index is 1650. The van der Waals surface area contributed by atoms with Gasteiger partial charge in [-0.05, 0) is 72.4 Å². The van der Waals surface area contributed by atoms with Crippen molar-refractivity contribution in [2.75, 3.05) is 13.1 Å². The number of aliphatic hydroxyl groups excluding tert-OH is 1. The van der Waals surface area contributed by atoms with E-state index in [0.717, 1.165) is 29.7 Å². The zero-order valence-corrected chi connectivity index (χ0v) is 25.0. The summed E-state index contributed by atoms with van der Waals surface area (Å²) in [5.74, 6) is -1.12. The lowest BCUT2D eigenvalue weighted by Crippen LogP contribution is -2.48. The molecular formula is C36H35F4N3O3. The second-order valence-corrected chi connectivity index (χ2v) is 11.5. The van der Waals surface area contributed by atoms with Crippen LogP contribution in [-0.2, 0) is 19.1 Å². The van der Waals surface area contributed by atoms with E-state index < -0.39 is 29.8 Å². The molecule has 0 bridgehead atoms. The van der Waals surface area contributed by atoms with Gasteiger partial charge in [0.25, 0.3) is 11.8 Å². The summed E-state index contributed by atoms with van der Waals surface area (Å²) in [6, 6.07) is 25.8. The number of carbonyl (C=O) groups excluding carboxylic acids is 2. The van der Waals surface area contributed by atoms with E-state index in [9.17, 15) is 32.3 Å². The minimum Gasteiger partial charge on any atom is -0.390 e. The Morgan fingerprint density at radius 2 is 1.59 bits per heavy atom. The van der Waals surface area contributed by atoms with Gasteiger partial charge in [0, 0.05) is 30.8 Å². The van der Waals surface area contributed by atoms with E-state index in [-0.39, 0.29) is 36.4 Å². The molecule has 1 aliphatic rings. The number of alkyl halides is 3. The first kappa shape index (κ1) is 32.8. The van der Waals surface area contributed by atoms with Crippen LogP contribution in [0.25, 0.3) is 0 Å². The summed E-state index contributed by atoms with van der Waals surface area (Å²) < 4.78 is 53.2. The number of aliphatic hydroxyl groups is 1. The van der Waals surface area contributed by atoms with Gasteiger partial charge < -0.3 is 20.6 Å². The smallest absolute Gasteiger partial charge is 0.390 e. The summed E-state index contributed by atoms with van der Waals surface area (Å²) in [5.41, 5.74) is 1.79. The molecule has 46 heavy (non-hydrogen) atoms. The molecule has 3 N–H and O–H groups in total. The number of rotatable bonds is 11. The van der Waals surface area contributed by atoms with Crippen molar-refractivity contribution >= 4 is 11.8 Å². The number of likely N-dealkylation sites (tertiary alicyclic amines) is 1. The van der Waals surface area contributed by atoms with Crippen molar-refractivity contribution in [2.24, 2.45) is 0 Å². The molecule has 1 fully saturated rings. The number of hydrogen-bond donors (Lipinski definition) is 3. The van der Waals surface area contributed by atoms with Crippen LogP contribution >= 0.6 is 0 Å². The second-order valence-electron chi connectivity index (χ2n) is 11.5. The van der Waals surface area contributed by atoms with Crippen LogP contribution < -0.4 is 10.6 Å². The third-order valence-corrected chi connectivity index (χ3v) is 8.14. The van der Waals surface area contributed by atoms with Gasteiger partial charge in [-0.2, -0.15) is 13.2 Å². The highest BCUT2D eigenvalue weighted by molar-refractivity contribution is 6.00. The lowest BCUT2D eigenvalue weighted by molar-refractivity contribution is -0.137. The first-order valence-corrected chi connectivity index (χ1v) is 15.1. The molecule has 0 aromatic heterocycles. The zero-order chi connectivity index (χ0) is 32.7. The Morgan fingerprint density at radius 3 is 2.35 bits per heavy atom. The molecule has 1 saturated heterocycles. The molecule has 10 heteroatoms. The highest BCUT2D eigenvalue weighted by Crippen LogP contribution is 2.33. The summed E-state index contributed by atoms with van der Waals surface area (Å²) in [5, 5.41) is 17.0. The van der Waals surface area contributed by atoms with E-state index in [1.807, 2.05) is 30.3 Å². The number of benzene rings is 4. The van der Waals surface area contributed by atoms with E-state index in [1.54, 1.807) is 41.3 Å². The van der Waals surface area contributed by atoms with Crippen molar-refractivity contribution < 1.29 is 32.3 Å². The van der Waals surface area contributed by atoms with Crippen molar-refractivity contribution in [1.29, 1.82) is 0 Å². The molecular weight excluding hydrogens is 598 g/mol. The minimum atomic E-state index is -4.46. The molecule has 0 saturated carbocycles. The monoisotopic (exact) mass is 633 g/mol. The summed E-state index contributed by atoms with van der Waals surface area (Å²) in [7, 11) is 0. The first-order chi connectivity index (χ1) is 22.1. The van der Waals surface area contributed by atoms with Gasteiger partial charge in [-0.15, -0.1) is 0 Å². The van der Waals surface area contributed by atoms with Gasteiger partial charge in [0.15, 0.2) is 0 Å². The van der Waals surface area contributed by atoms with Crippen LogP contribution in [0.3, 0.4) is 0 Å². The van der Waals surface area contributed by atoms with Crippen LogP contribution in [0.15, 0.2) is 103 Å². The Kier molecular flexibility index (Phi) is 10.5. The molecule has 1 aliphatic heterocycles. The number of amides is 2. The average molecular weight is 634 g/mol. The molecule has 3 atom stereocenters. The van der Waals surface area contributed by atoms with Gasteiger partial charge in [0.2, 0.25) is 0 Å². The predicted octanol–water partition coefficient (Wildman–Crippen LogP) is 6.31. The number of carbonyl (C=O) groups is 2. The average Bonchev–Trinajstić information content (AvgIpc) is 3.54. The Morgan fingerprint density at radius 1 is 0.870 bits per heavy atom. The largest absolute Gasteiger partial charge is 0.416 e. The molecule has 0 spiro atoms. The number of hydrogen-bond acceptors (Lipinski definition) is 4. The summed E-state index contributed by atoms with van der Waals surface area (Å²) in [6.45, 7) is 0.600. The SMILES string of the molecule is O=C(NC(Cc1ccccc1)C(O)CNCc1cccc(C(F)(F)F)c1)c1cccc(C(=O)N2CCCC2c2cccc(F)c2)c1. The standard InChI is InChI=1S/C36H35F4N3O3/c37-30-15-6-11-26(21-30)32-16-7-17-43(32)35(46)28-13-5-12-27(20-28)34(45)42-31(19-24-8-2-1-3-9-24)33(44)23-41-22-25-10-4-14-29(18-25)36(38,39)40/h1-6,8-15,18,20-21,31-33,41,44H,7,16-17,19,22-23H2,(H,42,45). The van der Waals surface area contributed by atoms with Gasteiger partial charge in [-0.1, -0.05) is 66.7 Å². The quantitative estimate of drug-likeness (QED) is 0.169. The maximum absolute atomic E-state index is 13.9. The van der Waals surface area contributed by atoms with Crippen LogP contribution in [0.1, 0.15) is 61.9 Å². The fraction of sp³-hybridized carbons (Fsp3) is 0.278. The molecule has 2 amide bonds.